The maximum Gasteiger partial charge on any atom is 0.419 e. The van der Waals surface area contributed by atoms with Gasteiger partial charge in [0.2, 0.25) is 0 Å². The van der Waals surface area contributed by atoms with Crippen molar-refractivity contribution < 1.29 is 14.3 Å². The molecular weight excluding hydrogens is 370 g/mol. The van der Waals surface area contributed by atoms with Crippen LogP contribution in [0.15, 0.2) is 59.2 Å². The number of nitrogens with zero attached hydrogens (tertiary/aromatic N) is 1. The van der Waals surface area contributed by atoms with E-state index in [1.807, 2.05) is 62.0 Å². The van der Waals surface area contributed by atoms with Crippen LogP contribution in [0.1, 0.15) is 25.3 Å². The van der Waals surface area contributed by atoms with E-state index in [0.29, 0.717) is 11.3 Å². The van der Waals surface area contributed by atoms with Gasteiger partial charge in [0.15, 0.2) is 5.76 Å². The molecule has 4 rings (SSSR count). The second kappa shape index (κ2) is 7.09. The zero-order valence-corrected chi connectivity index (χ0v) is 16.4. The van der Waals surface area contributed by atoms with Crippen LogP contribution in [0.2, 0.25) is 0 Å². The van der Waals surface area contributed by atoms with Crippen LogP contribution < -0.4 is 10.9 Å². The van der Waals surface area contributed by atoms with Gasteiger partial charge < -0.3 is 14.3 Å². The van der Waals surface area contributed by atoms with Gasteiger partial charge in [0.1, 0.15) is 0 Å². The lowest BCUT2D eigenvalue weighted by molar-refractivity contribution is -0.116. The molecule has 3 heterocycles. The number of aromatic amines is 1. The fourth-order valence-corrected chi connectivity index (χ4v) is 3.61. The van der Waals surface area contributed by atoms with Gasteiger partial charge in [0, 0.05) is 41.3 Å². The van der Waals surface area contributed by atoms with Crippen molar-refractivity contribution in [2.45, 2.75) is 19.8 Å². The first-order chi connectivity index (χ1) is 13.8. The Bertz CT molecular complexity index is 1220. The van der Waals surface area contributed by atoms with E-state index in [0.717, 1.165) is 16.5 Å². The number of hydrogen-bond acceptors (Lipinski definition) is 4. The molecule has 29 heavy (non-hydrogen) atoms. The molecule has 1 aliphatic rings. The van der Waals surface area contributed by atoms with Crippen molar-refractivity contribution >= 4 is 22.9 Å². The third-order valence-corrected chi connectivity index (χ3v) is 5.19. The molecule has 2 amide bonds. The Morgan fingerprint density at radius 2 is 1.86 bits per heavy atom. The molecule has 7 nitrogen and oxygen atoms in total. The van der Waals surface area contributed by atoms with E-state index in [1.165, 1.54) is 6.08 Å². The number of fused-ring (bicyclic) bond motifs is 1. The lowest BCUT2D eigenvalue weighted by Crippen LogP contribution is -2.21. The highest BCUT2D eigenvalue weighted by Gasteiger charge is 2.29. The van der Waals surface area contributed by atoms with Gasteiger partial charge in [-0.2, -0.15) is 0 Å². The molecule has 0 spiro atoms. The normalized spacial score (nSPS) is 16.5. The minimum absolute atomic E-state index is 0.0159. The average molecular weight is 391 g/mol. The predicted molar refractivity (Wildman–Crippen MR) is 109 cm³/mol. The van der Waals surface area contributed by atoms with Crippen molar-refractivity contribution in [2.75, 3.05) is 0 Å². The summed E-state index contributed by atoms with van der Waals surface area (Å²) in [4.78, 5) is 38.8. The molecule has 1 aromatic carbocycles. The minimum atomic E-state index is -0.802. The molecule has 0 aliphatic carbocycles. The van der Waals surface area contributed by atoms with Crippen molar-refractivity contribution in [1.82, 2.24) is 14.9 Å². The number of benzene rings is 1. The van der Waals surface area contributed by atoms with Crippen molar-refractivity contribution in [3.63, 3.8) is 0 Å². The molecule has 2 N–H and O–H groups in total. The monoisotopic (exact) mass is 391 g/mol. The Balaban J connectivity index is 1.71. The maximum absolute atomic E-state index is 12.8. The van der Waals surface area contributed by atoms with Gasteiger partial charge >= 0.3 is 6.09 Å². The van der Waals surface area contributed by atoms with E-state index < -0.39 is 12.0 Å². The summed E-state index contributed by atoms with van der Waals surface area (Å²) in [5.41, 5.74) is 3.01. The third-order valence-electron chi connectivity index (χ3n) is 5.19. The number of imide groups is 1. The van der Waals surface area contributed by atoms with Crippen molar-refractivity contribution in [1.29, 1.82) is 0 Å². The summed E-state index contributed by atoms with van der Waals surface area (Å²) in [6, 6.07) is 11.7. The Kier molecular flexibility index (Phi) is 4.58. The second-order valence-electron chi connectivity index (χ2n) is 7.50. The van der Waals surface area contributed by atoms with Gasteiger partial charge in [-0.1, -0.05) is 26.0 Å². The van der Waals surface area contributed by atoms with Gasteiger partial charge in [-0.15, -0.1) is 0 Å². The number of cyclic esters (lactones) is 1. The first-order valence-corrected chi connectivity index (χ1v) is 9.37. The molecule has 0 radical (unpaired) electrons. The highest BCUT2D eigenvalue weighted by atomic mass is 16.6. The number of alkyl carbamates (subject to hydrolysis) is 1. The maximum atomic E-state index is 12.8. The fraction of sp³-hybridized carbons (Fsp3) is 0.227. The summed E-state index contributed by atoms with van der Waals surface area (Å²) in [7, 11) is 1.99. The van der Waals surface area contributed by atoms with Gasteiger partial charge in [0.05, 0.1) is 0 Å². The summed E-state index contributed by atoms with van der Waals surface area (Å²) < 4.78 is 6.94. The van der Waals surface area contributed by atoms with E-state index in [2.05, 4.69) is 10.3 Å². The van der Waals surface area contributed by atoms with E-state index in [-0.39, 0.29) is 23.2 Å². The molecule has 0 bridgehead atoms. The first-order valence-electron chi connectivity index (χ1n) is 9.37. The molecule has 2 aromatic heterocycles. The summed E-state index contributed by atoms with van der Waals surface area (Å²) in [5, 5.41) is 3.16. The highest BCUT2D eigenvalue weighted by molar-refractivity contribution is 6.07. The molecule has 3 aromatic rings. The smallest absolute Gasteiger partial charge is 0.404 e. The van der Waals surface area contributed by atoms with Crippen LogP contribution in [0, 0.1) is 5.92 Å². The SMILES string of the molecule is CC(C)C(/C=C1\OC(=O)NC1=O)c1ccc(-c2ccc3c(ccn3C)c2)[nH]c1=O. The number of hydrogen-bond donors (Lipinski definition) is 2. The van der Waals surface area contributed by atoms with Gasteiger partial charge in [-0.25, -0.2) is 4.79 Å². The Hall–Kier alpha value is -3.61. The number of H-pyrrole nitrogens is 1. The van der Waals surface area contributed by atoms with Gasteiger partial charge in [-0.3, -0.25) is 14.9 Å². The van der Waals surface area contributed by atoms with Crippen LogP contribution in [-0.4, -0.2) is 21.6 Å². The fourth-order valence-electron chi connectivity index (χ4n) is 3.61. The number of nitrogens with one attached hydrogen (secondary N) is 2. The lowest BCUT2D eigenvalue weighted by Gasteiger charge is -2.17. The summed E-state index contributed by atoms with van der Waals surface area (Å²) in [6.07, 6.45) is 2.72. The molecule has 1 aliphatic heterocycles. The van der Waals surface area contributed by atoms with Crippen LogP contribution in [0.4, 0.5) is 4.79 Å². The molecule has 1 fully saturated rings. The molecule has 1 atom stereocenters. The molecule has 1 saturated heterocycles. The highest BCUT2D eigenvalue weighted by Crippen LogP contribution is 2.28. The number of carbonyl (C=O) groups excluding carboxylic acids is 2. The van der Waals surface area contributed by atoms with Crippen molar-refractivity contribution in [3.05, 3.63) is 70.3 Å². The van der Waals surface area contributed by atoms with Crippen LogP contribution in [0.5, 0.6) is 0 Å². The molecule has 0 saturated carbocycles. The summed E-state index contributed by atoms with van der Waals surface area (Å²) in [5.74, 6) is -1.03. The summed E-state index contributed by atoms with van der Waals surface area (Å²) in [6.45, 7) is 3.88. The standard InChI is InChI=1S/C22H21N3O4/c1-12(2)16(11-19-21(27)24-22(28)29-19)15-5-6-17(23-20(15)26)13-4-7-18-14(10-13)8-9-25(18)3/h4-12,16H,1-3H3,(H,23,26)(H,24,27,28)/b19-11-. The number of allylic oxidation sites excluding steroid dienone is 1. The Morgan fingerprint density at radius 3 is 2.52 bits per heavy atom. The quantitative estimate of drug-likeness (QED) is 0.667. The molecule has 148 valence electrons. The molecule has 1 unspecified atom stereocenters. The predicted octanol–water partition coefficient (Wildman–Crippen LogP) is 3.42. The van der Waals surface area contributed by atoms with Crippen LogP contribution in [-0.2, 0) is 16.6 Å². The van der Waals surface area contributed by atoms with Crippen molar-refractivity contribution in [2.24, 2.45) is 13.0 Å². The first kappa shape index (κ1) is 18.7. The lowest BCUT2D eigenvalue weighted by atomic mass is 9.88. The summed E-state index contributed by atoms with van der Waals surface area (Å²) >= 11 is 0. The van der Waals surface area contributed by atoms with E-state index in [1.54, 1.807) is 6.07 Å². The molecular formula is C22H21N3O4. The van der Waals surface area contributed by atoms with Crippen LogP contribution >= 0.6 is 0 Å². The third kappa shape index (κ3) is 3.47. The van der Waals surface area contributed by atoms with E-state index in [9.17, 15) is 14.4 Å². The number of aromatic nitrogens is 2. The zero-order chi connectivity index (χ0) is 20.7. The zero-order valence-electron chi connectivity index (χ0n) is 16.4. The number of rotatable bonds is 4. The number of amides is 2. The van der Waals surface area contributed by atoms with Gasteiger partial charge in [0.25, 0.3) is 11.5 Å². The number of pyridine rings is 1. The van der Waals surface area contributed by atoms with Gasteiger partial charge in [-0.05, 0) is 41.8 Å². The topological polar surface area (TPSA) is 93.2 Å². The van der Waals surface area contributed by atoms with Crippen molar-refractivity contribution in [3.8, 4) is 11.3 Å². The Labute approximate surface area is 167 Å². The number of aryl methyl sites for hydroxylation is 1. The number of ether oxygens (including phenoxy) is 1. The van der Waals surface area contributed by atoms with E-state index in [4.69, 9.17) is 4.74 Å². The minimum Gasteiger partial charge on any atom is -0.404 e. The second-order valence-corrected chi connectivity index (χ2v) is 7.50. The number of carbonyl (C=O) groups is 2. The van der Waals surface area contributed by atoms with Crippen LogP contribution in [0.25, 0.3) is 22.2 Å². The average Bonchev–Trinajstić information content (AvgIpc) is 3.20. The van der Waals surface area contributed by atoms with E-state index >= 15 is 0 Å². The largest absolute Gasteiger partial charge is 0.419 e. The molecule has 7 heteroatoms. The Morgan fingerprint density at radius 1 is 1.07 bits per heavy atom. The van der Waals surface area contributed by atoms with Crippen LogP contribution in [0.3, 0.4) is 0 Å².